The first kappa shape index (κ1) is 11.1. The molecule has 1 aromatic heterocycles. The van der Waals surface area contributed by atoms with Gasteiger partial charge >= 0.3 is 0 Å². The van der Waals surface area contributed by atoms with Crippen molar-refractivity contribution < 1.29 is 0 Å². The molecule has 0 saturated heterocycles. The summed E-state index contributed by atoms with van der Waals surface area (Å²) in [5.41, 5.74) is 7.79. The van der Waals surface area contributed by atoms with E-state index in [9.17, 15) is 0 Å². The van der Waals surface area contributed by atoms with E-state index in [0.29, 0.717) is 0 Å². The van der Waals surface area contributed by atoms with Crippen LogP contribution in [0.3, 0.4) is 0 Å². The van der Waals surface area contributed by atoms with Crippen LogP contribution in [0.2, 0.25) is 0 Å². The summed E-state index contributed by atoms with van der Waals surface area (Å²) in [5, 5.41) is 4.36. The van der Waals surface area contributed by atoms with Crippen LogP contribution in [0.1, 0.15) is 31.2 Å². The fourth-order valence-electron chi connectivity index (χ4n) is 2.07. The Hall–Kier alpha value is -0.380. The molecule has 1 heterocycles. The van der Waals surface area contributed by atoms with Crippen molar-refractivity contribution in [3.05, 3.63) is 22.4 Å². The van der Waals surface area contributed by atoms with Crippen molar-refractivity contribution in [2.75, 3.05) is 13.6 Å². The molecule has 15 heavy (non-hydrogen) atoms. The first-order valence-corrected chi connectivity index (χ1v) is 6.61. The Morgan fingerprint density at radius 3 is 2.87 bits per heavy atom. The lowest BCUT2D eigenvalue weighted by Gasteiger charge is -2.39. The molecule has 2 rings (SSSR count). The van der Waals surface area contributed by atoms with Crippen LogP contribution in [0.15, 0.2) is 16.8 Å². The molecule has 1 fully saturated rings. The van der Waals surface area contributed by atoms with Gasteiger partial charge in [-0.25, -0.2) is 0 Å². The molecule has 2 nitrogen and oxygen atoms in total. The summed E-state index contributed by atoms with van der Waals surface area (Å²) in [6.45, 7) is 2.17. The van der Waals surface area contributed by atoms with E-state index in [1.165, 1.54) is 24.8 Å². The maximum Gasteiger partial charge on any atom is 0.0238 e. The summed E-state index contributed by atoms with van der Waals surface area (Å²) < 4.78 is 0. The number of hydrogen-bond donors (Lipinski definition) is 1. The second-order valence-corrected chi connectivity index (χ2v) is 5.62. The van der Waals surface area contributed by atoms with E-state index in [1.54, 1.807) is 11.3 Å². The lowest BCUT2D eigenvalue weighted by atomic mass is 9.75. The zero-order valence-corrected chi connectivity index (χ0v) is 10.2. The second-order valence-electron chi connectivity index (χ2n) is 4.84. The number of rotatable bonds is 5. The van der Waals surface area contributed by atoms with E-state index in [-0.39, 0.29) is 5.54 Å². The largest absolute Gasteiger partial charge is 0.325 e. The standard InChI is InChI=1S/C12H20N2S/c1-14(9-11-3-8-15-10-11)7-6-12(13)4-2-5-12/h3,8,10H,2,4-7,9,13H2,1H3. The summed E-state index contributed by atoms with van der Waals surface area (Å²) in [6.07, 6.45) is 4.91. The molecule has 2 N–H and O–H groups in total. The van der Waals surface area contributed by atoms with Crippen molar-refractivity contribution in [3.63, 3.8) is 0 Å². The Labute approximate surface area is 96.1 Å². The predicted molar refractivity (Wildman–Crippen MR) is 66.0 cm³/mol. The molecule has 0 spiro atoms. The van der Waals surface area contributed by atoms with E-state index in [2.05, 4.69) is 28.8 Å². The second kappa shape index (κ2) is 4.64. The summed E-state index contributed by atoms with van der Waals surface area (Å²) >= 11 is 1.77. The van der Waals surface area contributed by atoms with Crippen LogP contribution < -0.4 is 5.73 Å². The molecule has 1 aromatic rings. The van der Waals surface area contributed by atoms with Crippen molar-refractivity contribution >= 4 is 11.3 Å². The Bertz CT molecular complexity index is 291. The number of nitrogens with zero attached hydrogens (tertiary/aromatic N) is 1. The van der Waals surface area contributed by atoms with Gasteiger partial charge in [-0.15, -0.1) is 0 Å². The molecular weight excluding hydrogens is 204 g/mol. The van der Waals surface area contributed by atoms with Gasteiger partial charge in [0.15, 0.2) is 0 Å². The molecule has 84 valence electrons. The van der Waals surface area contributed by atoms with E-state index in [1.807, 2.05) is 0 Å². The van der Waals surface area contributed by atoms with E-state index >= 15 is 0 Å². The minimum atomic E-state index is 0.170. The average molecular weight is 224 g/mol. The van der Waals surface area contributed by atoms with Crippen molar-refractivity contribution in [2.24, 2.45) is 5.73 Å². The zero-order chi connectivity index (χ0) is 10.7. The van der Waals surface area contributed by atoms with Gasteiger partial charge in [-0.3, -0.25) is 0 Å². The molecule has 3 heteroatoms. The van der Waals surface area contributed by atoms with Crippen molar-refractivity contribution in [2.45, 2.75) is 37.8 Å². The number of hydrogen-bond acceptors (Lipinski definition) is 3. The Balaban J connectivity index is 1.70. The van der Waals surface area contributed by atoms with Gasteiger partial charge in [0.2, 0.25) is 0 Å². The van der Waals surface area contributed by atoms with Gasteiger partial charge in [0.1, 0.15) is 0 Å². The first-order chi connectivity index (χ1) is 7.18. The highest BCUT2D eigenvalue weighted by Gasteiger charge is 2.31. The fraction of sp³-hybridized carbons (Fsp3) is 0.667. The van der Waals surface area contributed by atoms with E-state index in [4.69, 9.17) is 5.73 Å². The van der Waals surface area contributed by atoms with Gasteiger partial charge in [0.05, 0.1) is 0 Å². The Morgan fingerprint density at radius 2 is 2.33 bits per heavy atom. The lowest BCUT2D eigenvalue weighted by Crippen LogP contribution is -2.48. The predicted octanol–water partition coefficient (Wildman–Crippen LogP) is 2.45. The molecular formula is C12H20N2S. The molecule has 0 bridgehead atoms. The van der Waals surface area contributed by atoms with Gasteiger partial charge in [-0.1, -0.05) is 0 Å². The SMILES string of the molecule is CN(CCC1(N)CCC1)Cc1ccsc1. The monoisotopic (exact) mass is 224 g/mol. The van der Waals surface area contributed by atoms with Crippen molar-refractivity contribution in [3.8, 4) is 0 Å². The summed E-state index contributed by atoms with van der Waals surface area (Å²) in [4.78, 5) is 2.37. The van der Waals surface area contributed by atoms with E-state index in [0.717, 1.165) is 19.5 Å². The number of thiophene rings is 1. The smallest absolute Gasteiger partial charge is 0.0238 e. The van der Waals surface area contributed by atoms with Crippen LogP contribution in [-0.2, 0) is 6.54 Å². The van der Waals surface area contributed by atoms with Crippen LogP contribution in [0.4, 0.5) is 0 Å². The molecule has 1 aliphatic rings. The van der Waals surface area contributed by atoms with Crippen LogP contribution >= 0.6 is 11.3 Å². The van der Waals surface area contributed by atoms with Crippen LogP contribution in [-0.4, -0.2) is 24.0 Å². The molecule has 0 radical (unpaired) electrons. The van der Waals surface area contributed by atoms with E-state index < -0.39 is 0 Å². The first-order valence-electron chi connectivity index (χ1n) is 5.66. The molecule has 0 amide bonds. The molecule has 0 unspecified atom stereocenters. The normalized spacial score (nSPS) is 19.1. The van der Waals surface area contributed by atoms with Gasteiger partial charge in [-0.05, 0) is 61.7 Å². The Kier molecular flexibility index (Phi) is 3.44. The van der Waals surface area contributed by atoms with Crippen LogP contribution in [0, 0.1) is 0 Å². The maximum atomic E-state index is 6.20. The minimum Gasteiger partial charge on any atom is -0.325 e. The average Bonchev–Trinajstić information content (AvgIpc) is 2.64. The highest BCUT2D eigenvalue weighted by atomic mass is 32.1. The third-order valence-corrected chi connectivity index (χ3v) is 4.11. The van der Waals surface area contributed by atoms with Gasteiger partial charge in [-0.2, -0.15) is 11.3 Å². The lowest BCUT2D eigenvalue weighted by molar-refractivity contribution is 0.193. The van der Waals surface area contributed by atoms with Crippen LogP contribution in [0.5, 0.6) is 0 Å². The molecule has 0 atom stereocenters. The molecule has 0 aliphatic heterocycles. The minimum absolute atomic E-state index is 0.170. The molecule has 0 aromatic carbocycles. The third kappa shape index (κ3) is 3.03. The van der Waals surface area contributed by atoms with Crippen molar-refractivity contribution in [1.29, 1.82) is 0 Å². The van der Waals surface area contributed by atoms with Gasteiger partial charge in [0, 0.05) is 12.1 Å². The summed E-state index contributed by atoms with van der Waals surface area (Å²) in [6, 6.07) is 2.20. The third-order valence-electron chi connectivity index (χ3n) is 3.37. The molecule has 1 saturated carbocycles. The summed E-state index contributed by atoms with van der Waals surface area (Å²) in [5.74, 6) is 0. The quantitative estimate of drug-likeness (QED) is 0.832. The van der Waals surface area contributed by atoms with Gasteiger partial charge in [0.25, 0.3) is 0 Å². The Morgan fingerprint density at radius 1 is 1.53 bits per heavy atom. The van der Waals surface area contributed by atoms with Gasteiger partial charge < -0.3 is 10.6 Å². The number of nitrogens with two attached hydrogens (primary N) is 1. The highest BCUT2D eigenvalue weighted by Crippen LogP contribution is 2.32. The maximum absolute atomic E-state index is 6.20. The molecule has 1 aliphatic carbocycles. The summed E-state index contributed by atoms with van der Waals surface area (Å²) in [7, 11) is 2.18. The fourth-order valence-corrected chi connectivity index (χ4v) is 2.73. The zero-order valence-electron chi connectivity index (χ0n) is 9.41. The van der Waals surface area contributed by atoms with Crippen molar-refractivity contribution in [1.82, 2.24) is 4.90 Å². The topological polar surface area (TPSA) is 29.3 Å². The van der Waals surface area contributed by atoms with Crippen LogP contribution in [0.25, 0.3) is 0 Å². The highest BCUT2D eigenvalue weighted by molar-refractivity contribution is 7.07.